The van der Waals surface area contributed by atoms with E-state index in [0.29, 0.717) is 29.8 Å². The number of benzene rings is 1. The van der Waals surface area contributed by atoms with Crippen LogP contribution in [0.25, 0.3) is 0 Å². The third kappa shape index (κ3) is 5.41. The first-order valence-electron chi connectivity index (χ1n) is 10.4. The maximum atomic E-state index is 13.7. The molecule has 9 heteroatoms. The van der Waals surface area contributed by atoms with Gasteiger partial charge in [-0.15, -0.1) is 0 Å². The van der Waals surface area contributed by atoms with Crippen LogP contribution in [0, 0.1) is 0 Å². The van der Waals surface area contributed by atoms with Gasteiger partial charge >= 0.3 is 0 Å². The van der Waals surface area contributed by atoms with E-state index in [2.05, 4.69) is 36.1 Å². The van der Waals surface area contributed by atoms with Crippen molar-refractivity contribution in [2.24, 2.45) is 5.84 Å². The Morgan fingerprint density at radius 1 is 1.16 bits per heavy atom. The molecule has 2 heterocycles. The van der Waals surface area contributed by atoms with Gasteiger partial charge in [-0.05, 0) is 71.0 Å². The summed E-state index contributed by atoms with van der Waals surface area (Å²) in [7, 11) is -3.61. The van der Waals surface area contributed by atoms with Gasteiger partial charge in [-0.1, -0.05) is 18.2 Å². The number of likely N-dealkylation sites (tertiary alicyclic amines) is 1. The number of sulfonamides is 1. The van der Waals surface area contributed by atoms with Crippen molar-refractivity contribution in [2.75, 3.05) is 17.4 Å². The number of rotatable bonds is 6. The summed E-state index contributed by atoms with van der Waals surface area (Å²) < 4.78 is 28.8. The molecule has 1 saturated heterocycles. The molecule has 0 atom stereocenters. The van der Waals surface area contributed by atoms with Gasteiger partial charge in [0.1, 0.15) is 0 Å². The number of aromatic nitrogens is 1. The van der Waals surface area contributed by atoms with E-state index in [9.17, 15) is 13.2 Å². The van der Waals surface area contributed by atoms with Crippen LogP contribution in [-0.4, -0.2) is 48.1 Å². The van der Waals surface area contributed by atoms with E-state index >= 15 is 0 Å². The number of nitrogens with one attached hydrogen (secondary N) is 1. The van der Waals surface area contributed by atoms with E-state index in [1.165, 1.54) is 10.5 Å². The number of hydrazine groups is 1. The highest BCUT2D eigenvalue weighted by Crippen LogP contribution is 2.29. The van der Waals surface area contributed by atoms with Crippen LogP contribution in [0.1, 0.15) is 49.7 Å². The molecular weight excluding hydrogens is 414 g/mol. The molecular formula is C22H31N5O3S. The van der Waals surface area contributed by atoms with E-state index in [0.717, 1.165) is 13.1 Å². The first kappa shape index (κ1) is 23.2. The minimum Gasteiger partial charge on any atom is -0.298 e. The van der Waals surface area contributed by atoms with Gasteiger partial charge in [0.05, 0.1) is 28.7 Å². The summed E-state index contributed by atoms with van der Waals surface area (Å²) >= 11 is 0. The molecule has 31 heavy (non-hydrogen) atoms. The van der Waals surface area contributed by atoms with Crippen LogP contribution >= 0.6 is 0 Å². The number of nitrogens with zero attached hydrogens (tertiary/aromatic N) is 3. The number of nitrogen functional groups attached to an aromatic ring is 1. The highest BCUT2D eigenvalue weighted by molar-refractivity contribution is 7.93. The summed E-state index contributed by atoms with van der Waals surface area (Å²) in [5, 5.41) is -0.450. The van der Waals surface area contributed by atoms with Gasteiger partial charge in [-0.3, -0.25) is 24.4 Å². The largest absolute Gasteiger partial charge is 0.298 e. The molecule has 1 aromatic heterocycles. The van der Waals surface area contributed by atoms with E-state index in [-0.39, 0.29) is 12.1 Å². The molecule has 1 amide bonds. The molecule has 1 aliphatic rings. The molecule has 1 aliphatic heterocycles. The molecule has 0 saturated carbocycles. The number of hydrogen-bond acceptors (Lipinski definition) is 6. The standard InChI is InChI=1S/C22H31N5O3S/c1-22(2,3)26-13-11-20(12-14-26)31(29,30)27(19-7-5-4-6-8-19)16-18-10-9-17(15-24-18)21(28)25-23/h4-10,15,20H,11-14,16,23H2,1-3H3,(H,25,28). The smallest absolute Gasteiger partial charge is 0.266 e. The lowest BCUT2D eigenvalue weighted by atomic mass is 10.0. The first-order valence-corrected chi connectivity index (χ1v) is 11.9. The lowest BCUT2D eigenvalue weighted by Crippen LogP contribution is -2.50. The van der Waals surface area contributed by atoms with Gasteiger partial charge in [-0.25, -0.2) is 14.3 Å². The third-order valence-corrected chi connectivity index (χ3v) is 7.96. The second kappa shape index (κ2) is 9.33. The first-order chi connectivity index (χ1) is 14.6. The van der Waals surface area contributed by atoms with Crippen molar-refractivity contribution in [3.8, 4) is 0 Å². The number of hydrogen-bond donors (Lipinski definition) is 2. The average molecular weight is 446 g/mol. The Labute approximate surface area is 184 Å². The summed E-state index contributed by atoms with van der Waals surface area (Å²) in [5.74, 6) is 4.71. The average Bonchev–Trinajstić information content (AvgIpc) is 2.77. The summed E-state index contributed by atoms with van der Waals surface area (Å²) in [6.07, 6.45) is 2.58. The highest BCUT2D eigenvalue weighted by atomic mass is 32.2. The van der Waals surface area contributed by atoms with E-state index in [1.807, 2.05) is 18.2 Å². The van der Waals surface area contributed by atoms with Gasteiger partial charge < -0.3 is 0 Å². The van der Waals surface area contributed by atoms with Crippen molar-refractivity contribution in [3.05, 3.63) is 59.9 Å². The van der Waals surface area contributed by atoms with Crippen LogP contribution in [0.4, 0.5) is 5.69 Å². The van der Waals surface area contributed by atoms with Crippen molar-refractivity contribution in [3.63, 3.8) is 0 Å². The van der Waals surface area contributed by atoms with Gasteiger partial charge in [0.25, 0.3) is 5.91 Å². The summed E-state index contributed by atoms with van der Waals surface area (Å²) in [6, 6.07) is 12.3. The fraction of sp³-hybridized carbons (Fsp3) is 0.455. The molecule has 2 aromatic rings. The van der Waals surface area contributed by atoms with Gasteiger partial charge in [0.2, 0.25) is 10.0 Å². The molecule has 168 valence electrons. The summed E-state index contributed by atoms with van der Waals surface area (Å²) in [5.41, 5.74) is 3.55. The van der Waals surface area contributed by atoms with Crippen LogP contribution in [0.3, 0.4) is 0 Å². The lowest BCUT2D eigenvalue weighted by Gasteiger charge is -2.41. The van der Waals surface area contributed by atoms with Crippen LogP contribution in [0.15, 0.2) is 48.7 Å². The van der Waals surface area contributed by atoms with Crippen LogP contribution in [-0.2, 0) is 16.6 Å². The fourth-order valence-electron chi connectivity index (χ4n) is 3.81. The number of para-hydroxylation sites is 1. The lowest BCUT2D eigenvalue weighted by molar-refractivity contribution is 0.0953. The van der Waals surface area contributed by atoms with Gasteiger partial charge in [-0.2, -0.15) is 0 Å². The molecule has 0 spiro atoms. The highest BCUT2D eigenvalue weighted by Gasteiger charge is 2.37. The maximum Gasteiger partial charge on any atom is 0.266 e. The van der Waals surface area contributed by atoms with Crippen molar-refractivity contribution in [1.82, 2.24) is 15.3 Å². The van der Waals surface area contributed by atoms with Gasteiger partial charge in [0.15, 0.2) is 0 Å². The molecule has 8 nitrogen and oxygen atoms in total. The second-order valence-corrected chi connectivity index (χ2v) is 10.9. The van der Waals surface area contributed by atoms with E-state index < -0.39 is 21.2 Å². The zero-order chi connectivity index (χ0) is 22.6. The van der Waals surface area contributed by atoms with E-state index in [4.69, 9.17) is 5.84 Å². The number of carbonyl (C=O) groups is 1. The Morgan fingerprint density at radius 3 is 2.32 bits per heavy atom. The molecule has 1 fully saturated rings. The number of piperidine rings is 1. The van der Waals surface area contributed by atoms with Crippen molar-refractivity contribution in [1.29, 1.82) is 0 Å². The van der Waals surface area contributed by atoms with Crippen LogP contribution in [0.5, 0.6) is 0 Å². The monoisotopic (exact) mass is 445 g/mol. The second-order valence-electron chi connectivity index (χ2n) is 8.76. The van der Waals surface area contributed by atoms with Crippen molar-refractivity contribution < 1.29 is 13.2 Å². The third-order valence-electron chi connectivity index (χ3n) is 5.69. The molecule has 3 N–H and O–H groups in total. The van der Waals surface area contributed by atoms with Gasteiger partial charge in [0, 0.05) is 11.7 Å². The number of amides is 1. The number of carbonyl (C=O) groups excluding carboxylic acids is 1. The molecule has 0 unspecified atom stereocenters. The number of nitrogens with two attached hydrogens (primary N) is 1. The predicted octanol–water partition coefficient (Wildman–Crippen LogP) is 2.28. The fourth-order valence-corrected chi connectivity index (χ4v) is 5.70. The Kier molecular flexibility index (Phi) is 6.98. The molecule has 0 bridgehead atoms. The molecule has 0 aliphatic carbocycles. The summed E-state index contributed by atoms with van der Waals surface area (Å²) in [4.78, 5) is 18.3. The van der Waals surface area contributed by atoms with Crippen LogP contribution in [0.2, 0.25) is 0 Å². The zero-order valence-corrected chi connectivity index (χ0v) is 19.1. The molecule has 1 aromatic carbocycles. The van der Waals surface area contributed by atoms with Crippen LogP contribution < -0.4 is 15.6 Å². The summed E-state index contributed by atoms with van der Waals surface area (Å²) in [6.45, 7) is 8.04. The van der Waals surface area contributed by atoms with E-state index in [1.54, 1.807) is 24.3 Å². The maximum absolute atomic E-state index is 13.7. The Balaban J connectivity index is 1.85. The Morgan fingerprint density at radius 2 is 1.81 bits per heavy atom. The quantitative estimate of drug-likeness (QED) is 0.401. The predicted molar refractivity (Wildman–Crippen MR) is 122 cm³/mol. The minimum atomic E-state index is -3.61. The topological polar surface area (TPSA) is 109 Å². The minimum absolute atomic E-state index is 0.0232. The number of anilines is 1. The Hall–Kier alpha value is -2.49. The van der Waals surface area contributed by atoms with Crippen molar-refractivity contribution >= 4 is 21.6 Å². The van der Waals surface area contributed by atoms with Crippen molar-refractivity contribution in [2.45, 2.75) is 50.9 Å². The SMILES string of the molecule is CC(C)(C)N1CCC(S(=O)(=O)N(Cc2ccc(C(=O)NN)cn2)c2ccccc2)CC1. The number of pyridine rings is 1. The zero-order valence-electron chi connectivity index (χ0n) is 18.3. The normalized spacial score (nSPS) is 16.1. The Bertz CT molecular complexity index is 980. The molecule has 0 radical (unpaired) electrons. The molecule has 3 rings (SSSR count).